The van der Waals surface area contributed by atoms with Crippen LogP contribution in [0, 0.1) is 0 Å². The van der Waals surface area contributed by atoms with Gasteiger partial charge in [-0.25, -0.2) is 0 Å². The zero-order valence-corrected chi connectivity index (χ0v) is 9.62. The van der Waals surface area contributed by atoms with E-state index in [1.54, 1.807) is 0 Å². The van der Waals surface area contributed by atoms with Gasteiger partial charge >= 0.3 is 12.1 Å². The van der Waals surface area contributed by atoms with E-state index in [4.69, 9.17) is 10.8 Å². The number of carboxylic acid groups (broad SMARTS) is 1. The molecule has 0 bridgehead atoms. The van der Waals surface area contributed by atoms with Gasteiger partial charge in [0.05, 0.1) is 17.5 Å². The molecule has 1 aromatic rings. The molecule has 0 aliphatic rings. The van der Waals surface area contributed by atoms with Crippen molar-refractivity contribution in [3.8, 4) is 0 Å². The fourth-order valence-electron chi connectivity index (χ4n) is 1.42. The molecule has 4 N–H and O–H groups in total. The number of anilines is 1. The van der Waals surface area contributed by atoms with Gasteiger partial charge in [-0.2, -0.15) is 13.2 Å². The third-order valence-corrected chi connectivity index (χ3v) is 2.26. The average molecular weight is 276 g/mol. The van der Waals surface area contributed by atoms with Crippen LogP contribution in [0.2, 0.25) is 0 Å². The first-order valence-electron chi connectivity index (χ1n) is 5.18. The van der Waals surface area contributed by atoms with Crippen LogP contribution in [0.4, 0.5) is 18.9 Å². The van der Waals surface area contributed by atoms with Gasteiger partial charge in [-0.1, -0.05) is 0 Å². The number of alkyl halides is 3. The molecular formula is C11H11F3N2O3. The van der Waals surface area contributed by atoms with Crippen LogP contribution in [-0.2, 0) is 11.0 Å². The molecule has 0 heterocycles. The summed E-state index contributed by atoms with van der Waals surface area (Å²) in [4.78, 5) is 21.2. The van der Waals surface area contributed by atoms with Crippen LogP contribution < -0.4 is 11.1 Å². The minimum Gasteiger partial charge on any atom is -0.481 e. The first-order chi connectivity index (χ1) is 8.71. The van der Waals surface area contributed by atoms with Crippen molar-refractivity contribution in [1.82, 2.24) is 0 Å². The highest BCUT2D eigenvalue weighted by Gasteiger charge is 2.35. The average Bonchev–Trinajstić information content (AvgIpc) is 2.27. The molecule has 0 aromatic heterocycles. The molecule has 0 saturated heterocycles. The van der Waals surface area contributed by atoms with Crippen molar-refractivity contribution in [2.24, 2.45) is 5.73 Å². The Morgan fingerprint density at radius 3 is 2.42 bits per heavy atom. The Labute approximate surface area is 106 Å². The number of nitrogens with one attached hydrogen (secondary N) is 1. The number of primary amides is 1. The van der Waals surface area contributed by atoms with Crippen LogP contribution in [0.1, 0.15) is 22.3 Å². The summed E-state index contributed by atoms with van der Waals surface area (Å²) in [6, 6.07) is 2.91. The van der Waals surface area contributed by atoms with Crippen LogP contribution in [0.3, 0.4) is 0 Å². The molecule has 0 aliphatic heterocycles. The van der Waals surface area contributed by atoms with Crippen LogP contribution in [0.25, 0.3) is 0 Å². The van der Waals surface area contributed by atoms with E-state index in [9.17, 15) is 22.8 Å². The number of carbonyl (C=O) groups is 2. The second kappa shape index (κ2) is 5.59. The SMILES string of the molecule is NC(=O)c1ccc(NCCC(=O)O)cc1C(F)(F)F. The van der Waals surface area contributed by atoms with E-state index in [-0.39, 0.29) is 18.7 Å². The number of aliphatic carboxylic acids is 1. The molecule has 104 valence electrons. The number of rotatable bonds is 5. The molecule has 5 nitrogen and oxygen atoms in total. The number of carboxylic acids is 1. The van der Waals surface area contributed by atoms with Gasteiger partial charge in [-0.05, 0) is 18.2 Å². The summed E-state index contributed by atoms with van der Waals surface area (Å²) < 4.78 is 38.1. The molecule has 19 heavy (non-hydrogen) atoms. The van der Waals surface area contributed by atoms with Crippen LogP contribution >= 0.6 is 0 Å². The van der Waals surface area contributed by atoms with Gasteiger partial charge < -0.3 is 16.2 Å². The molecule has 0 fully saturated rings. The summed E-state index contributed by atoms with van der Waals surface area (Å²) in [5.41, 5.74) is 3.15. The lowest BCUT2D eigenvalue weighted by atomic mass is 10.1. The molecule has 1 aromatic carbocycles. The maximum absolute atomic E-state index is 12.7. The van der Waals surface area contributed by atoms with Crippen LogP contribution in [0.5, 0.6) is 0 Å². The molecule has 8 heteroatoms. The minimum atomic E-state index is -4.71. The maximum atomic E-state index is 12.7. The Morgan fingerprint density at radius 2 is 1.95 bits per heavy atom. The topological polar surface area (TPSA) is 92.4 Å². The molecule has 1 rings (SSSR count). The molecule has 0 unspecified atom stereocenters. The van der Waals surface area contributed by atoms with Crippen molar-refractivity contribution >= 4 is 17.6 Å². The Bertz CT molecular complexity index is 500. The Balaban J connectivity index is 2.99. The quantitative estimate of drug-likeness (QED) is 0.763. The van der Waals surface area contributed by atoms with Crippen molar-refractivity contribution in [1.29, 1.82) is 0 Å². The summed E-state index contributed by atoms with van der Waals surface area (Å²) >= 11 is 0. The molecule has 1 amide bonds. The van der Waals surface area contributed by atoms with Crippen molar-refractivity contribution < 1.29 is 27.9 Å². The normalized spacial score (nSPS) is 11.1. The van der Waals surface area contributed by atoms with Gasteiger partial charge in [0.15, 0.2) is 0 Å². The van der Waals surface area contributed by atoms with Crippen molar-refractivity contribution in [2.45, 2.75) is 12.6 Å². The number of hydrogen-bond acceptors (Lipinski definition) is 3. The third kappa shape index (κ3) is 4.16. The number of hydrogen-bond donors (Lipinski definition) is 3. The van der Waals surface area contributed by atoms with Gasteiger partial charge in [0.2, 0.25) is 5.91 Å². The predicted molar refractivity (Wildman–Crippen MR) is 60.7 cm³/mol. The van der Waals surface area contributed by atoms with E-state index in [1.165, 1.54) is 6.07 Å². The molecular weight excluding hydrogens is 265 g/mol. The molecule has 0 spiro atoms. The van der Waals surface area contributed by atoms with E-state index in [0.717, 1.165) is 12.1 Å². The minimum absolute atomic E-state index is 0.0252. The second-order valence-corrected chi connectivity index (χ2v) is 3.69. The summed E-state index contributed by atoms with van der Waals surface area (Å²) in [6.45, 7) is -0.0252. The Hall–Kier alpha value is -2.25. The second-order valence-electron chi connectivity index (χ2n) is 3.69. The standard InChI is InChI=1S/C11H11F3N2O3/c12-11(13,14)8-5-6(16-4-3-9(17)18)1-2-7(8)10(15)19/h1-2,5,16H,3-4H2,(H2,15,19)(H,17,18). The zero-order chi connectivity index (χ0) is 14.6. The van der Waals surface area contributed by atoms with Gasteiger partial charge in [-0.3, -0.25) is 9.59 Å². The number of amides is 1. The summed E-state index contributed by atoms with van der Waals surface area (Å²) in [6.07, 6.45) is -4.95. The monoisotopic (exact) mass is 276 g/mol. The van der Waals surface area contributed by atoms with Gasteiger partial charge in [-0.15, -0.1) is 0 Å². The van der Waals surface area contributed by atoms with Gasteiger partial charge in [0, 0.05) is 12.2 Å². The predicted octanol–water partition coefficient (Wildman–Crippen LogP) is 1.69. The summed E-state index contributed by atoms with van der Waals surface area (Å²) in [7, 11) is 0. The zero-order valence-electron chi connectivity index (χ0n) is 9.62. The smallest absolute Gasteiger partial charge is 0.417 e. The van der Waals surface area contributed by atoms with Crippen LogP contribution in [-0.4, -0.2) is 23.5 Å². The van der Waals surface area contributed by atoms with Gasteiger partial charge in [0.1, 0.15) is 0 Å². The largest absolute Gasteiger partial charge is 0.481 e. The maximum Gasteiger partial charge on any atom is 0.417 e. The Morgan fingerprint density at radius 1 is 1.32 bits per heavy atom. The van der Waals surface area contributed by atoms with E-state index in [1.807, 2.05) is 0 Å². The van der Waals surface area contributed by atoms with E-state index >= 15 is 0 Å². The molecule has 0 radical (unpaired) electrons. The van der Waals surface area contributed by atoms with Crippen LogP contribution in [0.15, 0.2) is 18.2 Å². The van der Waals surface area contributed by atoms with Gasteiger partial charge in [0.25, 0.3) is 0 Å². The van der Waals surface area contributed by atoms with Crippen molar-refractivity contribution in [3.63, 3.8) is 0 Å². The summed E-state index contributed by atoms with van der Waals surface area (Å²) in [5.74, 6) is -2.25. The first-order valence-corrected chi connectivity index (χ1v) is 5.18. The molecule has 0 aliphatic carbocycles. The summed E-state index contributed by atoms with van der Waals surface area (Å²) in [5, 5.41) is 10.9. The van der Waals surface area contributed by atoms with E-state index < -0.39 is 29.2 Å². The fourth-order valence-corrected chi connectivity index (χ4v) is 1.42. The van der Waals surface area contributed by atoms with E-state index in [0.29, 0.717) is 0 Å². The highest BCUT2D eigenvalue weighted by Crippen LogP contribution is 2.33. The number of carbonyl (C=O) groups excluding carboxylic acids is 1. The number of halogens is 3. The van der Waals surface area contributed by atoms with Crippen molar-refractivity contribution in [2.75, 3.05) is 11.9 Å². The number of benzene rings is 1. The molecule has 0 atom stereocenters. The lowest BCUT2D eigenvalue weighted by Crippen LogP contribution is -2.19. The third-order valence-electron chi connectivity index (χ3n) is 2.26. The molecule has 0 saturated carbocycles. The Kier molecular flexibility index (Phi) is 4.36. The van der Waals surface area contributed by atoms with E-state index in [2.05, 4.69) is 5.32 Å². The lowest BCUT2D eigenvalue weighted by molar-refractivity contribution is -0.138. The lowest BCUT2D eigenvalue weighted by Gasteiger charge is -2.13. The highest BCUT2D eigenvalue weighted by molar-refractivity contribution is 5.95. The van der Waals surface area contributed by atoms with Crippen molar-refractivity contribution in [3.05, 3.63) is 29.3 Å². The fraction of sp³-hybridized carbons (Fsp3) is 0.273. The first kappa shape index (κ1) is 14.8. The number of nitrogens with two attached hydrogens (primary N) is 1. The highest BCUT2D eigenvalue weighted by atomic mass is 19.4.